The third kappa shape index (κ3) is 3.63. The molecule has 4 heterocycles. The third-order valence-electron chi connectivity index (χ3n) is 6.07. The minimum Gasteiger partial charge on any atom is -0.393 e. The molecule has 0 aliphatic carbocycles. The van der Waals surface area contributed by atoms with Gasteiger partial charge in [-0.2, -0.15) is 0 Å². The number of aliphatic hydroxyl groups is 1. The highest BCUT2D eigenvalue weighted by atomic mass is 35.5. The quantitative estimate of drug-likeness (QED) is 0.511. The molecule has 1 aliphatic rings. The molecule has 0 bridgehead atoms. The molecular weight excluding hydrogens is 428 g/mol. The number of pyridine rings is 1. The van der Waals surface area contributed by atoms with Gasteiger partial charge in [0, 0.05) is 24.0 Å². The van der Waals surface area contributed by atoms with Crippen molar-refractivity contribution in [2.75, 3.05) is 18.0 Å². The van der Waals surface area contributed by atoms with Gasteiger partial charge in [0.1, 0.15) is 11.3 Å². The van der Waals surface area contributed by atoms with Crippen LogP contribution in [-0.2, 0) is 6.54 Å². The summed E-state index contributed by atoms with van der Waals surface area (Å²) in [4.78, 5) is 20.6. The zero-order valence-electron chi connectivity index (χ0n) is 18.1. The van der Waals surface area contributed by atoms with Crippen molar-refractivity contribution in [1.82, 2.24) is 24.1 Å². The smallest absolute Gasteiger partial charge is 0.336 e. The molecule has 0 unspecified atom stereocenters. The van der Waals surface area contributed by atoms with Gasteiger partial charge in [0.2, 0.25) is 0 Å². The summed E-state index contributed by atoms with van der Waals surface area (Å²) in [5.74, 6) is 0.658. The number of piperidine rings is 1. The minimum atomic E-state index is -0.257. The van der Waals surface area contributed by atoms with Crippen LogP contribution in [0.2, 0.25) is 5.02 Å². The SMILES string of the molecule is CC(C)c1nnc2c3ncc(N4CCC(O)CC4)cc3n(Cc3ccc(Cl)cc3)c(=O)n12. The number of fused-ring (bicyclic) bond motifs is 3. The second-order valence-electron chi connectivity index (χ2n) is 8.65. The fraction of sp³-hybridized carbons (Fsp3) is 0.391. The number of benzene rings is 1. The molecule has 0 radical (unpaired) electrons. The summed E-state index contributed by atoms with van der Waals surface area (Å²) in [5, 5.41) is 19.1. The average Bonchev–Trinajstić information content (AvgIpc) is 3.24. The highest BCUT2D eigenvalue weighted by molar-refractivity contribution is 6.30. The Morgan fingerprint density at radius 1 is 1.16 bits per heavy atom. The maximum atomic E-state index is 13.7. The summed E-state index contributed by atoms with van der Waals surface area (Å²) >= 11 is 6.05. The lowest BCUT2D eigenvalue weighted by Crippen LogP contribution is -2.36. The summed E-state index contributed by atoms with van der Waals surface area (Å²) in [5.41, 5.74) is 3.53. The van der Waals surface area contributed by atoms with Crippen molar-refractivity contribution in [3.8, 4) is 0 Å². The number of anilines is 1. The molecule has 4 aromatic rings. The number of halogens is 1. The van der Waals surface area contributed by atoms with Crippen LogP contribution in [0.4, 0.5) is 5.69 Å². The number of aromatic nitrogens is 5. The number of hydrogen-bond acceptors (Lipinski definition) is 6. The van der Waals surface area contributed by atoms with Gasteiger partial charge in [-0.05, 0) is 36.6 Å². The predicted molar refractivity (Wildman–Crippen MR) is 125 cm³/mol. The average molecular weight is 453 g/mol. The first-order valence-electron chi connectivity index (χ1n) is 10.9. The first-order chi connectivity index (χ1) is 15.4. The molecule has 0 saturated carbocycles. The molecule has 0 amide bonds. The number of hydrogen-bond donors (Lipinski definition) is 1. The van der Waals surface area contributed by atoms with E-state index in [4.69, 9.17) is 16.6 Å². The van der Waals surface area contributed by atoms with Crippen molar-refractivity contribution >= 4 is 34.0 Å². The van der Waals surface area contributed by atoms with E-state index in [0.717, 1.165) is 37.2 Å². The van der Waals surface area contributed by atoms with Crippen molar-refractivity contribution < 1.29 is 5.11 Å². The molecule has 9 heteroatoms. The zero-order valence-corrected chi connectivity index (χ0v) is 18.8. The molecule has 0 spiro atoms. The normalized spacial score (nSPS) is 15.3. The Morgan fingerprint density at radius 3 is 2.56 bits per heavy atom. The monoisotopic (exact) mass is 452 g/mol. The van der Waals surface area contributed by atoms with Gasteiger partial charge in [-0.1, -0.05) is 37.6 Å². The second kappa shape index (κ2) is 8.18. The highest BCUT2D eigenvalue weighted by Gasteiger charge is 2.22. The van der Waals surface area contributed by atoms with Gasteiger partial charge in [0.15, 0.2) is 5.65 Å². The molecule has 3 aromatic heterocycles. The summed E-state index contributed by atoms with van der Waals surface area (Å²) in [6.07, 6.45) is 3.00. The van der Waals surface area contributed by atoms with Gasteiger partial charge in [-0.25, -0.2) is 14.2 Å². The van der Waals surface area contributed by atoms with Crippen LogP contribution in [0.3, 0.4) is 0 Å². The molecule has 1 fully saturated rings. The Bertz CT molecular complexity index is 1340. The highest BCUT2D eigenvalue weighted by Crippen LogP contribution is 2.26. The lowest BCUT2D eigenvalue weighted by Gasteiger charge is -2.31. The van der Waals surface area contributed by atoms with E-state index < -0.39 is 0 Å². The summed E-state index contributed by atoms with van der Waals surface area (Å²) < 4.78 is 3.31. The van der Waals surface area contributed by atoms with Gasteiger partial charge in [0.05, 0.1) is 30.0 Å². The molecule has 0 atom stereocenters. The van der Waals surface area contributed by atoms with E-state index in [9.17, 15) is 9.90 Å². The molecular formula is C23H25ClN6O2. The summed E-state index contributed by atoms with van der Waals surface area (Å²) in [6.45, 7) is 5.86. The van der Waals surface area contributed by atoms with Crippen molar-refractivity contribution in [2.45, 2.75) is 45.3 Å². The number of nitrogens with zero attached hydrogens (tertiary/aromatic N) is 6. The van der Waals surface area contributed by atoms with E-state index in [1.807, 2.05) is 50.4 Å². The lowest BCUT2D eigenvalue weighted by molar-refractivity contribution is 0.145. The third-order valence-corrected chi connectivity index (χ3v) is 6.32. The van der Waals surface area contributed by atoms with E-state index in [1.165, 1.54) is 0 Å². The van der Waals surface area contributed by atoms with E-state index >= 15 is 0 Å². The molecule has 8 nitrogen and oxygen atoms in total. The number of aliphatic hydroxyl groups excluding tert-OH is 1. The van der Waals surface area contributed by atoms with E-state index in [1.54, 1.807) is 8.97 Å². The Kier molecular flexibility index (Phi) is 5.35. The summed E-state index contributed by atoms with van der Waals surface area (Å²) in [6, 6.07) is 9.49. The van der Waals surface area contributed by atoms with E-state index in [2.05, 4.69) is 15.1 Å². The second-order valence-corrected chi connectivity index (χ2v) is 9.08. The van der Waals surface area contributed by atoms with Gasteiger partial charge in [-0.3, -0.25) is 4.57 Å². The van der Waals surface area contributed by atoms with Crippen LogP contribution < -0.4 is 10.6 Å². The van der Waals surface area contributed by atoms with Gasteiger partial charge in [0.25, 0.3) is 0 Å². The lowest BCUT2D eigenvalue weighted by atomic mass is 10.1. The van der Waals surface area contributed by atoms with E-state index in [-0.39, 0.29) is 17.7 Å². The Labute approximate surface area is 190 Å². The maximum absolute atomic E-state index is 13.7. The molecule has 1 N–H and O–H groups in total. The van der Waals surface area contributed by atoms with Crippen LogP contribution >= 0.6 is 11.6 Å². The van der Waals surface area contributed by atoms with Crippen molar-refractivity contribution in [3.63, 3.8) is 0 Å². The molecule has 1 saturated heterocycles. The Balaban J connectivity index is 1.72. The van der Waals surface area contributed by atoms with Crippen molar-refractivity contribution in [3.05, 3.63) is 63.4 Å². The van der Waals surface area contributed by atoms with Crippen molar-refractivity contribution in [2.24, 2.45) is 0 Å². The van der Waals surface area contributed by atoms with Gasteiger partial charge >= 0.3 is 5.69 Å². The molecule has 1 aromatic carbocycles. The molecule has 5 rings (SSSR count). The van der Waals surface area contributed by atoms with Crippen LogP contribution in [-0.4, -0.2) is 48.4 Å². The molecule has 1 aliphatic heterocycles. The van der Waals surface area contributed by atoms with Crippen molar-refractivity contribution in [1.29, 1.82) is 0 Å². The molecule has 32 heavy (non-hydrogen) atoms. The maximum Gasteiger partial charge on any atom is 0.336 e. The van der Waals surface area contributed by atoms with Crippen LogP contribution in [0.25, 0.3) is 16.7 Å². The minimum absolute atomic E-state index is 0.0400. The first kappa shape index (κ1) is 20.9. The predicted octanol–water partition coefficient (Wildman–Crippen LogP) is 3.23. The summed E-state index contributed by atoms with van der Waals surface area (Å²) in [7, 11) is 0. The Hall–Kier alpha value is -2.97. The largest absolute Gasteiger partial charge is 0.393 e. The van der Waals surface area contributed by atoms with E-state index in [0.29, 0.717) is 34.1 Å². The fourth-order valence-electron chi connectivity index (χ4n) is 4.28. The topological polar surface area (TPSA) is 88.5 Å². The molecule has 166 valence electrons. The first-order valence-corrected chi connectivity index (χ1v) is 11.2. The fourth-order valence-corrected chi connectivity index (χ4v) is 4.40. The van der Waals surface area contributed by atoms with Gasteiger partial charge < -0.3 is 10.0 Å². The van der Waals surface area contributed by atoms with Crippen LogP contribution in [0.15, 0.2) is 41.3 Å². The van der Waals surface area contributed by atoms with Crippen LogP contribution in [0.5, 0.6) is 0 Å². The van der Waals surface area contributed by atoms with Gasteiger partial charge in [-0.15, -0.1) is 10.2 Å². The van der Waals surface area contributed by atoms with Crippen LogP contribution in [0.1, 0.15) is 44.0 Å². The standard InChI is InChI=1S/C23H25ClN6O2/c1-14(2)21-26-27-22-20-19(11-17(12-25-20)28-9-7-18(31)8-10-28)29(23(32)30(21)22)13-15-3-5-16(24)6-4-15/h3-6,11-12,14,18,31H,7-10,13H2,1-2H3. The zero-order chi connectivity index (χ0) is 22.4. The van der Waals surface area contributed by atoms with Crippen LogP contribution in [0, 0.1) is 0 Å². The Morgan fingerprint density at radius 2 is 1.88 bits per heavy atom. The number of rotatable bonds is 4.